The topological polar surface area (TPSA) is 36.0 Å². The number of hydrogen-bond acceptors (Lipinski definition) is 1. The van der Waals surface area contributed by atoms with E-state index in [0.29, 0.717) is 5.75 Å². The lowest BCUT2D eigenvalue weighted by Crippen LogP contribution is -2.22. The van der Waals surface area contributed by atoms with Crippen LogP contribution in [0.15, 0.2) is 12.7 Å². The predicted octanol–water partition coefficient (Wildman–Crippen LogP) is 1.44. The van der Waals surface area contributed by atoms with Crippen LogP contribution in [0.1, 0.15) is 26.0 Å². The van der Waals surface area contributed by atoms with E-state index in [-0.39, 0.29) is 0 Å². The summed E-state index contributed by atoms with van der Waals surface area (Å²) in [6, 6.07) is 0. The molecule has 2 nitrogen and oxygen atoms in total. The van der Waals surface area contributed by atoms with Gasteiger partial charge in [-0.2, -0.15) is 0 Å². The SMILES string of the molecule is C=CC/C(C)=c1\c(O)c(CC)[nH]c1=C. The summed E-state index contributed by atoms with van der Waals surface area (Å²) in [5.41, 5.74) is 1.95. The van der Waals surface area contributed by atoms with Crippen LogP contribution in [0.4, 0.5) is 0 Å². The molecule has 0 spiro atoms. The molecule has 0 aliphatic carbocycles. The minimum atomic E-state index is 0.344. The van der Waals surface area contributed by atoms with Crippen LogP contribution in [-0.2, 0) is 6.42 Å². The lowest BCUT2D eigenvalue weighted by molar-refractivity contribution is 0.465. The van der Waals surface area contributed by atoms with Crippen molar-refractivity contribution in [3.05, 3.63) is 28.9 Å². The molecule has 0 aliphatic rings. The van der Waals surface area contributed by atoms with Crippen molar-refractivity contribution in [2.45, 2.75) is 26.7 Å². The molecule has 0 radical (unpaired) electrons. The minimum absolute atomic E-state index is 0.344. The average Bonchev–Trinajstić information content (AvgIpc) is 2.41. The number of rotatable bonds is 3. The molecular formula is C12H17NO. The number of hydrogen-bond donors (Lipinski definition) is 2. The van der Waals surface area contributed by atoms with E-state index in [4.69, 9.17) is 0 Å². The van der Waals surface area contributed by atoms with Gasteiger partial charge in [0.05, 0.1) is 5.69 Å². The Morgan fingerprint density at radius 3 is 2.64 bits per heavy atom. The first-order valence-electron chi connectivity index (χ1n) is 4.81. The van der Waals surface area contributed by atoms with Gasteiger partial charge < -0.3 is 10.1 Å². The molecule has 0 amide bonds. The van der Waals surface area contributed by atoms with Gasteiger partial charge in [-0.25, -0.2) is 0 Å². The van der Waals surface area contributed by atoms with Gasteiger partial charge in [-0.1, -0.05) is 25.2 Å². The average molecular weight is 191 g/mol. The third-order valence-electron chi connectivity index (χ3n) is 2.36. The highest BCUT2D eigenvalue weighted by Crippen LogP contribution is 2.09. The van der Waals surface area contributed by atoms with Gasteiger partial charge in [0.25, 0.3) is 0 Å². The Morgan fingerprint density at radius 1 is 1.57 bits per heavy atom. The molecule has 0 aromatic carbocycles. The van der Waals surface area contributed by atoms with E-state index < -0.39 is 0 Å². The van der Waals surface area contributed by atoms with Crippen LogP contribution in [0.25, 0.3) is 12.2 Å². The first kappa shape index (κ1) is 10.6. The van der Waals surface area contributed by atoms with Gasteiger partial charge in [-0.05, 0) is 19.8 Å². The van der Waals surface area contributed by atoms with E-state index in [0.717, 1.165) is 34.7 Å². The van der Waals surface area contributed by atoms with E-state index in [1.54, 1.807) is 0 Å². The van der Waals surface area contributed by atoms with Gasteiger partial charge in [0.2, 0.25) is 0 Å². The van der Waals surface area contributed by atoms with Crippen molar-refractivity contribution in [3.63, 3.8) is 0 Å². The molecule has 76 valence electrons. The van der Waals surface area contributed by atoms with Crippen molar-refractivity contribution in [2.24, 2.45) is 0 Å². The Hall–Kier alpha value is -1.44. The quantitative estimate of drug-likeness (QED) is 0.697. The lowest BCUT2D eigenvalue weighted by Gasteiger charge is -1.95. The number of nitrogens with one attached hydrogen (secondary N) is 1. The molecule has 1 aromatic heterocycles. The Kier molecular flexibility index (Phi) is 3.18. The van der Waals surface area contributed by atoms with E-state index >= 15 is 0 Å². The van der Waals surface area contributed by atoms with Gasteiger partial charge in [0.15, 0.2) is 0 Å². The van der Waals surface area contributed by atoms with Gasteiger partial charge >= 0.3 is 0 Å². The van der Waals surface area contributed by atoms with Gasteiger partial charge in [-0.3, -0.25) is 0 Å². The highest BCUT2D eigenvalue weighted by molar-refractivity contribution is 5.50. The molecular weight excluding hydrogens is 174 g/mol. The third kappa shape index (κ3) is 1.74. The second-order valence-electron chi connectivity index (χ2n) is 3.43. The van der Waals surface area contributed by atoms with E-state index in [9.17, 15) is 5.11 Å². The second-order valence-corrected chi connectivity index (χ2v) is 3.43. The van der Waals surface area contributed by atoms with Gasteiger partial charge in [0.1, 0.15) is 5.75 Å². The van der Waals surface area contributed by atoms with Crippen molar-refractivity contribution in [3.8, 4) is 5.75 Å². The summed E-state index contributed by atoms with van der Waals surface area (Å²) in [5.74, 6) is 0.344. The number of aryl methyl sites for hydroxylation is 1. The maximum absolute atomic E-state index is 9.88. The monoisotopic (exact) mass is 191 g/mol. The molecule has 0 unspecified atom stereocenters. The molecule has 2 heteroatoms. The van der Waals surface area contributed by atoms with Crippen molar-refractivity contribution < 1.29 is 5.11 Å². The Morgan fingerprint density at radius 2 is 2.21 bits per heavy atom. The lowest BCUT2D eigenvalue weighted by atomic mass is 10.1. The third-order valence-corrected chi connectivity index (χ3v) is 2.36. The van der Waals surface area contributed by atoms with Crippen LogP contribution in [0.2, 0.25) is 0 Å². The second kappa shape index (κ2) is 4.18. The van der Waals surface area contributed by atoms with Gasteiger partial charge in [-0.15, -0.1) is 6.58 Å². The number of allylic oxidation sites excluding steroid dienone is 1. The summed E-state index contributed by atoms with van der Waals surface area (Å²) in [6.45, 7) is 11.5. The number of aromatic nitrogens is 1. The summed E-state index contributed by atoms with van der Waals surface area (Å²) in [6.07, 6.45) is 3.39. The maximum Gasteiger partial charge on any atom is 0.144 e. The summed E-state index contributed by atoms with van der Waals surface area (Å²) >= 11 is 0. The van der Waals surface area contributed by atoms with Crippen molar-refractivity contribution >= 4 is 12.2 Å². The highest BCUT2D eigenvalue weighted by atomic mass is 16.3. The summed E-state index contributed by atoms with van der Waals surface area (Å²) in [5, 5.41) is 11.5. The fourth-order valence-corrected chi connectivity index (χ4v) is 1.63. The van der Waals surface area contributed by atoms with Crippen molar-refractivity contribution in [2.75, 3.05) is 0 Å². The van der Waals surface area contributed by atoms with Crippen LogP contribution >= 0.6 is 0 Å². The number of aromatic amines is 1. The number of H-pyrrole nitrogens is 1. The zero-order valence-electron chi connectivity index (χ0n) is 8.85. The first-order valence-corrected chi connectivity index (χ1v) is 4.81. The van der Waals surface area contributed by atoms with Crippen LogP contribution < -0.4 is 10.6 Å². The molecule has 14 heavy (non-hydrogen) atoms. The Bertz CT molecular complexity index is 440. The normalized spacial score (nSPS) is 12.7. The molecule has 1 rings (SSSR count). The smallest absolute Gasteiger partial charge is 0.144 e. The minimum Gasteiger partial charge on any atom is -0.505 e. The fraction of sp³-hybridized carbons (Fsp3) is 0.333. The predicted molar refractivity (Wildman–Crippen MR) is 60.5 cm³/mol. The number of aromatic hydroxyl groups is 1. The van der Waals surface area contributed by atoms with Crippen LogP contribution in [0.3, 0.4) is 0 Å². The largest absolute Gasteiger partial charge is 0.505 e. The van der Waals surface area contributed by atoms with E-state index in [1.807, 2.05) is 19.9 Å². The Balaban J connectivity index is 3.48. The summed E-state index contributed by atoms with van der Waals surface area (Å²) in [4.78, 5) is 3.09. The van der Waals surface area contributed by atoms with E-state index in [1.165, 1.54) is 0 Å². The van der Waals surface area contributed by atoms with Crippen molar-refractivity contribution in [1.82, 2.24) is 4.98 Å². The summed E-state index contributed by atoms with van der Waals surface area (Å²) in [7, 11) is 0. The highest BCUT2D eigenvalue weighted by Gasteiger charge is 2.05. The standard InChI is InChI=1S/C12H17NO/c1-5-7-8(3)11-9(4)13-10(6-2)12(11)14/h5,13-14H,1,4,6-7H2,2-3H3/b11-8-. The Labute approximate surface area is 84.3 Å². The molecule has 0 aliphatic heterocycles. The van der Waals surface area contributed by atoms with Gasteiger partial charge in [0, 0.05) is 10.6 Å². The zero-order chi connectivity index (χ0) is 10.7. The van der Waals surface area contributed by atoms with E-state index in [2.05, 4.69) is 18.1 Å². The summed E-state index contributed by atoms with van der Waals surface area (Å²) < 4.78 is 0. The zero-order valence-corrected chi connectivity index (χ0v) is 8.85. The van der Waals surface area contributed by atoms with Crippen LogP contribution in [0, 0.1) is 0 Å². The molecule has 0 fully saturated rings. The molecule has 1 heterocycles. The fourth-order valence-electron chi connectivity index (χ4n) is 1.63. The molecule has 2 N–H and O–H groups in total. The maximum atomic E-state index is 9.88. The molecule has 0 saturated carbocycles. The molecule has 0 saturated heterocycles. The molecule has 0 atom stereocenters. The van der Waals surface area contributed by atoms with Crippen molar-refractivity contribution in [1.29, 1.82) is 0 Å². The van der Waals surface area contributed by atoms with Crippen LogP contribution in [0.5, 0.6) is 5.75 Å². The molecule has 0 bridgehead atoms. The van der Waals surface area contributed by atoms with Crippen LogP contribution in [-0.4, -0.2) is 10.1 Å². The molecule has 1 aromatic rings. The first-order chi connectivity index (χ1) is 6.61.